The van der Waals surface area contributed by atoms with Crippen LogP contribution in [-0.4, -0.2) is 45.7 Å². The van der Waals surface area contributed by atoms with Crippen LogP contribution in [0.15, 0.2) is 23.8 Å². The van der Waals surface area contributed by atoms with Gasteiger partial charge in [-0.3, -0.25) is 9.59 Å². The first-order chi connectivity index (χ1) is 12.2. The van der Waals surface area contributed by atoms with Crippen molar-refractivity contribution in [3.05, 3.63) is 23.8 Å². The second-order valence-electron chi connectivity index (χ2n) is 9.36. The van der Waals surface area contributed by atoms with E-state index in [0.29, 0.717) is 12.8 Å². The van der Waals surface area contributed by atoms with Gasteiger partial charge < -0.3 is 14.9 Å². The molecular formula is C21H26O5. The predicted octanol–water partition coefficient (Wildman–Crippen LogP) is 1.72. The number of epoxide rings is 1. The summed E-state index contributed by atoms with van der Waals surface area (Å²) in [6, 6.07) is 0. The number of aliphatic hydroxyl groups excluding tert-OH is 1. The molecule has 5 rings (SSSR count). The molecule has 1 spiro atoms. The first-order valence-electron chi connectivity index (χ1n) is 9.71. The molecule has 26 heavy (non-hydrogen) atoms. The number of Topliss-reactive ketones (excluding diaryl/α,β-unsaturated/α-hetero) is 1. The van der Waals surface area contributed by atoms with Crippen LogP contribution in [0, 0.1) is 22.7 Å². The van der Waals surface area contributed by atoms with E-state index in [4.69, 9.17) is 4.74 Å². The lowest BCUT2D eigenvalue weighted by Crippen LogP contribution is -2.61. The van der Waals surface area contributed by atoms with Gasteiger partial charge in [0.2, 0.25) is 0 Å². The van der Waals surface area contributed by atoms with Crippen LogP contribution in [0.4, 0.5) is 0 Å². The van der Waals surface area contributed by atoms with Gasteiger partial charge in [0.15, 0.2) is 11.6 Å². The molecule has 4 unspecified atom stereocenters. The third-order valence-electron chi connectivity index (χ3n) is 8.69. The molecule has 4 aliphatic carbocycles. The second kappa shape index (κ2) is 4.75. The van der Waals surface area contributed by atoms with Crippen molar-refractivity contribution < 1.29 is 24.5 Å². The van der Waals surface area contributed by atoms with Crippen LogP contribution < -0.4 is 0 Å². The van der Waals surface area contributed by atoms with Gasteiger partial charge in [0.1, 0.15) is 17.8 Å². The van der Waals surface area contributed by atoms with Gasteiger partial charge >= 0.3 is 0 Å². The number of carbonyl (C=O) groups excluding carboxylic acids is 2. The van der Waals surface area contributed by atoms with E-state index in [-0.39, 0.29) is 34.7 Å². The Balaban J connectivity index is 1.58. The molecule has 0 aromatic rings. The van der Waals surface area contributed by atoms with Gasteiger partial charge in [-0.2, -0.15) is 0 Å². The Hall–Kier alpha value is -1.30. The number of hydrogen-bond acceptors (Lipinski definition) is 5. The summed E-state index contributed by atoms with van der Waals surface area (Å²) in [5.41, 5.74) is -1.45. The molecule has 4 fully saturated rings. The lowest BCUT2D eigenvalue weighted by Gasteiger charge is -2.55. The molecule has 5 aliphatic rings. The zero-order chi connectivity index (χ0) is 18.5. The molecule has 7 atom stereocenters. The minimum absolute atomic E-state index is 0.0172. The molecule has 5 nitrogen and oxygen atoms in total. The van der Waals surface area contributed by atoms with E-state index in [0.717, 1.165) is 24.8 Å². The summed E-state index contributed by atoms with van der Waals surface area (Å²) in [6.07, 6.45) is 9.04. The van der Waals surface area contributed by atoms with E-state index < -0.39 is 23.4 Å². The maximum absolute atomic E-state index is 12.4. The summed E-state index contributed by atoms with van der Waals surface area (Å²) in [7, 11) is 0. The first kappa shape index (κ1) is 16.8. The number of hydrogen-bond donors (Lipinski definition) is 2. The van der Waals surface area contributed by atoms with Crippen LogP contribution >= 0.6 is 0 Å². The van der Waals surface area contributed by atoms with E-state index in [1.54, 1.807) is 12.2 Å². The van der Waals surface area contributed by atoms with Crippen molar-refractivity contribution in [2.75, 3.05) is 6.61 Å². The van der Waals surface area contributed by atoms with Gasteiger partial charge in [-0.1, -0.05) is 18.6 Å². The summed E-state index contributed by atoms with van der Waals surface area (Å²) >= 11 is 0. The fourth-order valence-corrected chi connectivity index (χ4v) is 7.24. The molecule has 0 amide bonds. The maximum atomic E-state index is 12.4. The third-order valence-corrected chi connectivity index (χ3v) is 8.69. The third kappa shape index (κ3) is 1.60. The van der Waals surface area contributed by atoms with E-state index in [1.807, 2.05) is 13.0 Å². The number of ketones is 2. The van der Waals surface area contributed by atoms with E-state index in [1.165, 1.54) is 0 Å². The Bertz CT molecular complexity index is 783. The van der Waals surface area contributed by atoms with Crippen molar-refractivity contribution >= 4 is 11.6 Å². The Kier molecular flexibility index (Phi) is 3.08. The number of allylic oxidation sites excluding steroid dienone is 2. The summed E-state index contributed by atoms with van der Waals surface area (Å²) < 4.78 is 6.40. The zero-order valence-corrected chi connectivity index (χ0v) is 15.3. The molecule has 1 heterocycles. The Morgan fingerprint density at radius 2 is 2.08 bits per heavy atom. The molecule has 1 aliphatic heterocycles. The molecule has 5 heteroatoms. The van der Waals surface area contributed by atoms with Gasteiger partial charge in [-0.25, -0.2) is 0 Å². The van der Waals surface area contributed by atoms with Crippen LogP contribution in [0.3, 0.4) is 0 Å². The maximum Gasteiger partial charge on any atom is 0.190 e. The van der Waals surface area contributed by atoms with Crippen molar-refractivity contribution in [3.8, 4) is 0 Å². The average Bonchev–Trinajstić information content (AvgIpc) is 3.27. The normalized spacial score (nSPS) is 53.9. The molecule has 2 N–H and O–H groups in total. The summed E-state index contributed by atoms with van der Waals surface area (Å²) in [4.78, 5) is 24.3. The average molecular weight is 358 g/mol. The monoisotopic (exact) mass is 358 g/mol. The number of aliphatic hydroxyl groups is 2. The summed E-state index contributed by atoms with van der Waals surface area (Å²) in [5, 5.41) is 20.6. The first-order valence-corrected chi connectivity index (χ1v) is 9.71. The van der Waals surface area contributed by atoms with Gasteiger partial charge in [0.05, 0.1) is 6.10 Å². The van der Waals surface area contributed by atoms with Crippen LogP contribution in [0.2, 0.25) is 0 Å². The second-order valence-corrected chi connectivity index (χ2v) is 9.36. The Labute approximate surface area is 153 Å². The van der Waals surface area contributed by atoms with Crippen LogP contribution in [0.25, 0.3) is 0 Å². The molecule has 140 valence electrons. The SMILES string of the molecule is C[C@]12C=CC(=O)C=C1CCC1C3CC[C@](O)(C(=O)CO)[C@@]3(C)CC3OC312. The zero-order valence-electron chi connectivity index (χ0n) is 15.3. The molecule has 0 aromatic carbocycles. The van der Waals surface area contributed by atoms with E-state index in [9.17, 15) is 19.8 Å². The molecule has 0 bridgehead atoms. The van der Waals surface area contributed by atoms with E-state index in [2.05, 4.69) is 6.92 Å². The molecule has 1 saturated heterocycles. The topological polar surface area (TPSA) is 87.1 Å². The van der Waals surface area contributed by atoms with Crippen LogP contribution in [0.5, 0.6) is 0 Å². The van der Waals surface area contributed by atoms with Crippen LogP contribution in [-0.2, 0) is 14.3 Å². The number of rotatable bonds is 2. The van der Waals surface area contributed by atoms with Crippen molar-refractivity contribution in [1.82, 2.24) is 0 Å². The van der Waals surface area contributed by atoms with Gasteiger partial charge in [0.25, 0.3) is 0 Å². The van der Waals surface area contributed by atoms with Crippen molar-refractivity contribution in [1.29, 1.82) is 0 Å². The highest BCUT2D eigenvalue weighted by molar-refractivity contribution is 6.01. The summed E-state index contributed by atoms with van der Waals surface area (Å²) in [6.45, 7) is 3.57. The van der Waals surface area contributed by atoms with Crippen molar-refractivity contribution in [3.63, 3.8) is 0 Å². The van der Waals surface area contributed by atoms with E-state index >= 15 is 0 Å². The minimum atomic E-state index is -1.46. The predicted molar refractivity (Wildman–Crippen MR) is 93.2 cm³/mol. The standard InChI is InChI=1S/C21H26O5/c1-18-7-5-13(23)9-12(18)3-4-15-14-6-8-20(25,16(24)11-22)19(14,2)10-17-21(15,18)26-17/h5,7,9,14-15,17,22,25H,3-4,6,8,10-11H2,1-2H3/t14?,15?,17?,18-,19-,20-,21?/m0/s1. The largest absolute Gasteiger partial charge is 0.388 e. The highest BCUT2D eigenvalue weighted by Crippen LogP contribution is 2.75. The smallest absolute Gasteiger partial charge is 0.190 e. The quantitative estimate of drug-likeness (QED) is 0.734. The highest BCUT2D eigenvalue weighted by Gasteiger charge is 2.81. The molecule has 3 saturated carbocycles. The van der Waals surface area contributed by atoms with Gasteiger partial charge in [0, 0.05) is 10.8 Å². The highest BCUT2D eigenvalue weighted by atomic mass is 16.6. The molecular weight excluding hydrogens is 332 g/mol. The van der Waals surface area contributed by atoms with Gasteiger partial charge in [-0.15, -0.1) is 0 Å². The molecule has 0 aromatic heterocycles. The lowest BCUT2D eigenvalue weighted by atomic mass is 9.47. The number of carbonyl (C=O) groups is 2. The molecule has 0 radical (unpaired) electrons. The summed E-state index contributed by atoms with van der Waals surface area (Å²) in [5.74, 6) is 0.0355. The Morgan fingerprint density at radius 1 is 1.31 bits per heavy atom. The van der Waals surface area contributed by atoms with Crippen molar-refractivity contribution in [2.24, 2.45) is 22.7 Å². The van der Waals surface area contributed by atoms with Crippen molar-refractivity contribution in [2.45, 2.75) is 63.3 Å². The fourth-order valence-electron chi connectivity index (χ4n) is 7.24. The Morgan fingerprint density at radius 3 is 2.81 bits per heavy atom. The van der Waals surface area contributed by atoms with Crippen LogP contribution in [0.1, 0.15) is 46.0 Å². The fraction of sp³-hybridized carbons (Fsp3) is 0.714. The number of ether oxygens (including phenoxy) is 1. The lowest BCUT2D eigenvalue weighted by molar-refractivity contribution is -0.159. The van der Waals surface area contributed by atoms with Gasteiger partial charge in [-0.05, 0) is 63.0 Å². The minimum Gasteiger partial charge on any atom is -0.388 e. The number of fused-ring (bicyclic) bond motifs is 3.